The Labute approximate surface area is 104 Å². The van der Waals surface area contributed by atoms with Gasteiger partial charge in [-0.05, 0) is 20.8 Å². The van der Waals surface area contributed by atoms with Crippen LogP contribution in [0.15, 0.2) is 0 Å². The van der Waals surface area contributed by atoms with Crippen molar-refractivity contribution in [1.82, 2.24) is 19.7 Å². The Morgan fingerprint density at radius 2 is 1.59 bits per heavy atom. The molecule has 0 saturated carbocycles. The Balaban J connectivity index is 2.28. The molecule has 0 radical (unpaired) electrons. The average Bonchev–Trinajstić information content (AvgIpc) is 2.57. The molecule has 0 atom stereocenters. The molecule has 2 heterocycles. The van der Waals surface area contributed by atoms with Crippen molar-refractivity contribution in [3.63, 3.8) is 0 Å². The maximum Gasteiger partial charge on any atom is 0.147 e. The van der Waals surface area contributed by atoms with Crippen LogP contribution in [-0.4, -0.2) is 31.7 Å². The second kappa shape index (κ2) is 3.80. The summed E-state index contributed by atoms with van der Waals surface area (Å²) >= 11 is 0. The molecule has 0 fully saturated rings. The molecular formula is C13H24N4. The molecule has 96 valence electrons. The van der Waals surface area contributed by atoms with E-state index in [2.05, 4.69) is 61.2 Å². The van der Waals surface area contributed by atoms with Gasteiger partial charge in [-0.2, -0.15) is 0 Å². The third-order valence-electron chi connectivity index (χ3n) is 3.37. The fraction of sp³-hybridized carbons (Fsp3) is 0.846. The van der Waals surface area contributed by atoms with Crippen LogP contribution in [0, 0.1) is 0 Å². The van der Waals surface area contributed by atoms with E-state index in [0.29, 0.717) is 0 Å². The van der Waals surface area contributed by atoms with E-state index < -0.39 is 0 Å². The van der Waals surface area contributed by atoms with Gasteiger partial charge < -0.3 is 4.57 Å². The summed E-state index contributed by atoms with van der Waals surface area (Å²) in [6.07, 6.45) is 0. The maximum atomic E-state index is 4.37. The second-order valence-electron chi connectivity index (χ2n) is 6.93. The van der Waals surface area contributed by atoms with Gasteiger partial charge in [-0.1, -0.05) is 20.8 Å². The monoisotopic (exact) mass is 236 g/mol. The molecule has 1 aliphatic rings. The van der Waals surface area contributed by atoms with Gasteiger partial charge in [-0.3, -0.25) is 4.90 Å². The largest absolute Gasteiger partial charge is 0.312 e. The molecule has 4 nitrogen and oxygen atoms in total. The lowest BCUT2D eigenvalue weighted by molar-refractivity contribution is 0.0987. The predicted octanol–water partition coefficient (Wildman–Crippen LogP) is 2.19. The van der Waals surface area contributed by atoms with Crippen molar-refractivity contribution < 1.29 is 0 Å². The fourth-order valence-electron chi connectivity index (χ4n) is 2.29. The quantitative estimate of drug-likeness (QED) is 0.692. The highest BCUT2D eigenvalue weighted by atomic mass is 15.4. The van der Waals surface area contributed by atoms with Crippen molar-refractivity contribution in [2.45, 2.75) is 65.6 Å². The average molecular weight is 236 g/mol. The molecule has 0 N–H and O–H groups in total. The molecule has 1 aromatic heterocycles. The minimum absolute atomic E-state index is 0.0785. The van der Waals surface area contributed by atoms with Crippen LogP contribution in [0.5, 0.6) is 0 Å². The first-order chi connectivity index (χ1) is 7.69. The summed E-state index contributed by atoms with van der Waals surface area (Å²) in [7, 11) is 0. The van der Waals surface area contributed by atoms with Crippen LogP contribution in [0.1, 0.15) is 53.2 Å². The number of hydrogen-bond acceptors (Lipinski definition) is 3. The number of fused-ring (bicyclic) bond motifs is 1. The van der Waals surface area contributed by atoms with Gasteiger partial charge in [0.1, 0.15) is 11.6 Å². The lowest BCUT2D eigenvalue weighted by Gasteiger charge is -2.38. The van der Waals surface area contributed by atoms with Gasteiger partial charge in [0, 0.05) is 24.0 Å². The minimum atomic E-state index is 0.0785. The van der Waals surface area contributed by atoms with E-state index in [0.717, 1.165) is 31.3 Å². The van der Waals surface area contributed by atoms with Crippen LogP contribution in [0.2, 0.25) is 0 Å². The van der Waals surface area contributed by atoms with Gasteiger partial charge in [0.25, 0.3) is 0 Å². The maximum absolute atomic E-state index is 4.37. The van der Waals surface area contributed by atoms with E-state index >= 15 is 0 Å². The van der Waals surface area contributed by atoms with Crippen LogP contribution in [0.3, 0.4) is 0 Å². The topological polar surface area (TPSA) is 34.0 Å². The van der Waals surface area contributed by atoms with E-state index in [1.165, 1.54) is 0 Å². The first kappa shape index (κ1) is 12.6. The minimum Gasteiger partial charge on any atom is -0.312 e. The van der Waals surface area contributed by atoms with Crippen LogP contribution >= 0.6 is 0 Å². The summed E-state index contributed by atoms with van der Waals surface area (Å²) in [4.78, 5) is 2.46. The summed E-state index contributed by atoms with van der Waals surface area (Å²) in [6.45, 7) is 16.3. The molecule has 1 aliphatic heterocycles. The fourth-order valence-corrected chi connectivity index (χ4v) is 2.29. The molecule has 0 spiro atoms. The third-order valence-corrected chi connectivity index (χ3v) is 3.37. The van der Waals surface area contributed by atoms with Crippen LogP contribution in [0.4, 0.5) is 0 Å². The molecule has 2 rings (SSSR count). The Morgan fingerprint density at radius 1 is 0.941 bits per heavy atom. The number of nitrogens with zero attached hydrogens (tertiary/aromatic N) is 4. The Kier molecular flexibility index (Phi) is 2.81. The normalized spacial score (nSPS) is 18.2. The van der Waals surface area contributed by atoms with Crippen molar-refractivity contribution in [2.75, 3.05) is 6.54 Å². The summed E-state index contributed by atoms with van der Waals surface area (Å²) in [5.74, 6) is 2.22. The van der Waals surface area contributed by atoms with Gasteiger partial charge in [0.05, 0.1) is 6.54 Å². The Bertz CT molecular complexity index is 406. The van der Waals surface area contributed by atoms with E-state index in [9.17, 15) is 0 Å². The van der Waals surface area contributed by atoms with Gasteiger partial charge in [0.2, 0.25) is 0 Å². The van der Waals surface area contributed by atoms with Gasteiger partial charge in [-0.15, -0.1) is 10.2 Å². The van der Waals surface area contributed by atoms with Crippen molar-refractivity contribution in [3.05, 3.63) is 11.6 Å². The van der Waals surface area contributed by atoms with Crippen LogP contribution in [-0.2, 0) is 18.5 Å². The zero-order valence-corrected chi connectivity index (χ0v) is 11.9. The third kappa shape index (κ3) is 2.37. The second-order valence-corrected chi connectivity index (χ2v) is 6.93. The highest BCUT2D eigenvalue weighted by Crippen LogP contribution is 2.26. The van der Waals surface area contributed by atoms with E-state index in [4.69, 9.17) is 0 Å². The molecule has 4 heteroatoms. The van der Waals surface area contributed by atoms with Gasteiger partial charge in [0.15, 0.2) is 0 Å². The van der Waals surface area contributed by atoms with Crippen LogP contribution < -0.4 is 0 Å². The molecule has 0 unspecified atom stereocenters. The summed E-state index contributed by atoms with van der Waals surface area (Å²) in [5, 5.41) is 8.73. The van der Waals surface area contributed by atoms with Crippen molar-refractivity contribution in [3.8, 4) is 0 Å². The SMILES string of the molecule is CC(C)(C)c1nnc2n1CCN(C(C)(C)C)C2. The molecule has 0 saturated heterocycles. The number of rotatable bonds is 0. The lowest BCUT2D eigenvalue weighted by Crippen LogP contribution is -2.46. The van der Waals surface area contributed by atoms with Crippen molar-refractivity contribution in [1.29, 1.82) is 0 Å². The zero-order valence-electron chi connectivity index (χ0n) is 11.9. The number of aromatic nitrogens is 3. The zero-order chi connectivity index (χ0) is 12.8. The highest BCUT2D eigenvalue weighted by Gasteiger charge is 2.31. The molecule has 0 aromatic carbocycles. The molecule has 0 aliphatic carbocycles. The predicted molar refractivity (Wildman–Crippen MR) is 68.9 cm³/mol. The van der Waals surface area contributed by atoms with E-state index in [1.807, 2.05) is 0 Å². The summed E-state index contributed by atoms with van der Waals surface area (Å²) in [5.41, 5.74) is 0.286. The molecule has 17 heavy (non-hydrogen) atoms. The van der Waals surface area contributed by atoms with Gasteiger partial charge >= 0.3 is 0 Å². The smallest absolute Gasteiger partial charge is 0.147 e. The van der Waals surface area contributed by atoms with E-state index in [1.54, 1.807) is 0 Å². The van der Waals surface area contributed by atoms with Crippen molar-refractivity contribution in [2.24, 2.45) is 0 Å². The summed E-state index contributed by atoms with van der Waals surface area (Å²) in [6, 6.07) is 0. The molecule has 1 aromatic rings. The first-order valence-electron chi connectivity index (χ1n) is 6.37. The number of hydrogen-bond donors (Lipinski definition) is 0. The molecule has 0 bridgehead atoms. The standard InChI is InChI=1S/C13H24N4/c1-12(2,3)11-15-14-10-9-16(13(4,5)6)7-8-17(10)11/h7-9H2,1-6H3. The lowest BCUT2D eigenvalue weighted by atomic mass is 9.95. The van der Waals surface area contributed by atoms with Crippen molar-refractivity contribution >= 4 is 0 Å². The van der Waals surface area contributed by atoms with Crippen LogP contribution in [0.25, 0.3) is 0 Å². The Hall–Kier alpha value is -0.900. The Morgan fingerprint density at radius 3 is 2.12 bits per heavy atom. The van der Waals surface area contributed by atoms with E-state index in [-0.39, 0.29) is 11.0 Å². The molecule has 0 amide bonds. The summed E-state index contributed by atoms with van der Waals surface area (Å²) < 4.78 is 2.29. The molecular weight excluding hydrogens is 212 g/mol. The highest BCUT2D eigenvalue weighted by molar-refractivity contribution is 5.08. The van der Waals surface area contributed by atoms with Gasteiger partial charge in [-0.25, -0.2) is 0 Å². The first-order valence-corrected chi connectivity index (χ1v) is 6.37.